The van der Waals surface area contributed by atoms with E-state index in [1.165, 1.54) is 6.42 Å². The minimum Gasteiger partial charge on any atom is -0.381 e. The van der Waals surface area contributed by atoms with E-state index >= 15 is 0 Å². The van der Waals surface area contributed by atoms with Gasteiger partial charge in [0.25, 0.3) is 0 Å². The average molecular weight is 293 g/mol. The van der Waals surface area contributed by atoms with E-state index in [4.69, 9.17) is 9.47 Å². The molecule has 0 radical (unpaired) electrons. The molecule has 3 aliphatic rings. The zero-order valence-corrected chi connectivity index (χ0v) is 13.0. The van der Waals surface area contributed by atoms with Gasteiger partial charge in [0.2, 0.25) is 5.91 Å². The molecule has 2 atom stereocenters. The fourth-order valence-corrected chi connectivity index (χ4v) is 4.10. The Morgan fingerprint density at radius 1 is 1.43 bits per heavy atom. The molecule has 1 N–H and O–H groups in total. The molecular formula is C17H27NO3. The number of rotatable bonds is 4. The molecule has 0 unspecified atom stereocenters. The number of nitrogens with one attached hydrogen (secondary N) is 1. The van der Waals surface area contributed by atoms with Crippen LogP contribution in [0.5, 0.6) is 0 Å². The van der Waals surface area contributed by atoms with Crippen molar-refractivity contribution in [3.05, 3.63) is 11.6 Å². The van der Waals surface area contributed by atoms with E-state index in [9.17, 15) is 4.79 Å². The zero-order valence-electron chi connectivity index (χ0n) is 13.0. The molecule has 1 spiro atoms. The van der Waals surface area contributed by atoms with Gasteiger partial charge in [-0.05, 0) is 51.9 Å². The van der Waals surface area contributed by atoms with Gasteiger partial charge in [0.1, 0.15) is 0 Å². The predicted octanol–water partition coefficient (Wildman–Crippen LogP) is 2.58. The first-order valence-electron chi connectivity index (χ1n) is 8.45. The highest BCUT2D eigenvalue weighted by Crippen LogP contribution is 2.50. The molecule has 2 aliphatic carbocycles. The Hall–Kier alpha value is -0.870. The van der Waals surface area contributed by atoms with Gasteiger partial charge in [-0.2, -0.15) is 0 Å². The van der Waals surface area contributed by atoms with E-state index in [1.54, 1.807) is 0 Å². The van der Waals surface area contributed by atoms with Crippen LogP contribution in [-0.4, -0.2) is 37.9 Å². The summed E-state index contributed by atoms with van der Waals surface area (Å²) in [5.41, 5.74) is 1.10. The van der Waals surface area contributed by atoms with Crippen LogP contribution in [0.1, 0.15) is 51.9 Å². The highest BCUT2D eigenvalue weighted by Gasteiger charge is 2.56. The maximum absolute atomic E-state index is 12.4. The van der Waals surface area contributed by atoms with Crippen molar-refractivity contribution in [1.29, 1.82) is 0 Å². The molecular weight excluding hydrogens is 266 g/mol. The van der Waals surface area contributed by atoms with Crippen LogP contribution in [0.15, 0.2) is 11.6 Å². The number of hydrogen-bond donors (Lipinski definition) is 1. The van der Waals surface area contributed by atoms with Gasteiger partial charge in [0.05, 0.1) is 6.10 Å². The summed E-state index contributed by atoms with van der Waals surface area (Å²) in [6, 6.07) is 0.258. The van der Waals surface area contributed by atoms with Crippen molar-refractivity contribution in [2.24, 2.45) is 5.41 Å². The molecule has 21 heavy (non-hydrogen) atoms. The van der Waals surface area contributed by atoms with Crippen LogP contribution < -0.4 is 5.32 Å². The molecule has 118 valence electrons. The lowest BCUT2D eigenvalue weighted by molar-refractivity contribution is -0.175. The lowest BCUT2D eigenvalue weighted by atomic mass is 9.57. The topological polar surface area (TPSA) is 47.6 Å². The molecule has 1 aliphatic heterocycles. The summed E-state index contributed by atoms with van der Waals surface area (Å²) in [4.78, 5) is 12.4. The van der Waals surface area contributed by atoms with Crippen LogP contribution in [0.25, 0.3) is 0 Å². The number of carbonyl (C=O) groups excluding carboxylic acids is 1. The van der Waals surface area contributed by atoms with Crippen molar-refractivity contribution >= 4 is 5.91 Å². The van der Waals surface area contributed by atoms with Gasteiger partial charge in [-0.15, -0.1) is 0 Å². The van der Waals surface area contributed by atoms with E-state index in [1.807, 2.05) is 6.92 Å². The Morgan fingerprint density at radius 3 is 2.90 bits per heavy atom. The first-order valence-corrected chi connectivity index (χ1v) is 8.45. The van der Waals surface area contributed by atoms with Gasteiger partial charge in [0, 0.05) is 36.9 Å². The molecule has 0 aromatic heterocycles. The minimum atomic E-state index is 0.110. The summed E-state index contributed by atoms with van der Waals surface area (Å²) in [5.74, 6) is 0.153. The first kappa shape index (κ1) is 15.0. The molecule has 1 heterocycles. The molecule has 1 saturated carbocycles. The second-order valence-electron chi connectivity index (χ2n) is 6.53. The molecule has 1 amide bonds. The summed E-state index contributed by atoms with van der Waals surface area (Å²) in [7, 11) is 0. The monoisotopic (exact) mass is 293 g/mol. The van der Waals surface area contributed by atoms with Gasteiger partial charge in [-0.3, -0.25) is 4.79 Å². The average Bonchev–Trinajstić information content (AvgIpc) is 2.55. The third kappa shape index (κ3) is 2.88. The Labute approximate surface area is 127 Å². The van der Waals surface area contributed by atoms with E-state index < -0.39 is 0 Å². The molecule has 3 rings (SSSR count). The lowest BCUT2D eigenvalue weighted by Gasteiger charge is -2.57. The molecule has 0 aromatic carbocycles. The minimum absolute atomic E-state index is 0.110. The quantitative estimate of drug-likeness (QED) is 0.866. The van der Waals surface area contributed by atoms with Gasteiger partial charge >= 0.3 is 0 Å². The van der Waals surface area contributed by atoms with Crippen molar-refractivity contribution in [2.75, 3.05) is 19.8 Å². The molecule has 4 heteroatoms. The predicted molar refractivity (Wildman–Crippen MR) is 81.0 cm³/mol. The number of allylic oxidation sites excluding steroid dienone is 1. The van der Waals surface area contributed by atoms with Gasteiger partial charge < -0.3 is 14.8 Å². The highest BCUT2D eigenvalue weighted by atomic mass is 16.5. The molecule has 1 saturated heterocycles. The third-order valence-electron chi connectivity index (χ3n) is 5.46. The van der Waals surface area contributed by atoms with E-state index in [0.29, 0.717) is 0 Å². The zero-order chi connectivity index (χ0) is 14.7. The lowest BCUT2D eigenvalue weighted by Crippen LogP contribution is -2.66. The standard InChI is InChI=1S/C17H27NO3/c1-2-21-15-12-14(17(15)8-10-20-11-9-17)18-16(19)13-6-4-3-5-7-13/h6,14-15H,2-5,7-12H2,1H3,(H,18,19)/t14-,15+/m1/s1. The van der Waals surface area contributed by atoms with Crippen molar-refractivity contribution in [3.63, 3.8) is 0 Å². The fourth-order valence-electron chi connectivity index (χ4n) is 4.10. The van der Waals surface area contributed by atoms with Crippen molar-refractivity contribution < 1.29 is 14.3 Å². The normalized spacial score (nSPS) is 31.4. The van der Waals surface area contributed by atoms with Crippen LogP contribution in [0, 0.1) is 5.41 Å². The molecule has 2 fully saturated rings. The fraction of sp³-hybridized carbons (Fsp3) is 0.824. The molecule has 4 nitrogen and oxygen atoms in total. The smallest absolute Gasteiger partial charge is 0.247 e. The van der Waals surface area contributed by atoms with Gasteiger partial charge in [0.15, 0.2) is 0 Å². The van der Waals surface area contributed by atoms with Crippen molar-refractivity contribution in [1.82, 2.24) is 5.32 Å². The Kier molecular flexibility index (Phi) is 4.65. The maximum Gasteiger partial charge on any atom is 0.247 e. The Bertz CT molecular complexity index is 412. The van der Waals surface area contributed by atoms with E-state index in [-0.39, 0.29) is 23.5 Å². The third-order valence-corrected chi connectivity index (χ3v) is 5.46. The van der Waals surface area contributed by atoms with Crippen LogP contribution in [-0.2, 0) is 14.3 Å². The van der Waals surface area contributed by atoms with Crippen LogP contribution in [0.2, 0.25) is 0 Å². The molecule has 0 bridgehead atoms. The summed E-state index contributed by atoms with van der Waals surface area (Å²) in [6.07, 6.45) is 9.71. The number of ether oxygens (including phenoxy) is 2. The Balaban J connectivity index is 1.64. The van der Waals surface area contributed by atoms with Crippen molar-refractivity contribution in [2.45, 2.75) is 64.0 Å². The van der Waals surface area contributed by atoms with Crippen LogP contribution in [0.4, 0.5) is 0 Å². The van der Waals surface area contributed by atoms with Crippen molar-refractivity contribution in [3.8, 4) is 0 Å². The van der Waals surface area contributed by atoms with Gasteiger partial charge in [-0.1, -0.05) is 6.08 Å². The summed E-state index contributed by atoms with van der Waals surface area (Å²) in [6.45, 7) is 4.38. The summed E-state index contributed by atoms with van der Waals surface area (Å²) < 4.78 is 11.4. The number of carbonyl (C=O) groups is 1. The van der Waals surface area contributed by atoms with E-state index in [2.05, 4.69) is 11.4 Å². The largest absolute Gasteiger partial charge is 0.381 e. The van der Waals surface area contributed by atoms with E-state index in [0.717, 1.165) is 63.9 Å². The maximum atomic E-state index is 12.4. The molecule has 0 aromatic rings. The second kappa shape index (κ2) is 6.49. The summed E-state index contributed by atoms with van der Waals surface area (Å²) >= 11 is 0. The Morgan fingerprint density at radius 2 is 2.24 bits per heavy atom. The van der Waals surface area contributed by atoms with Gasteiger partial charge in [-0.25, -0.2) is 0 Å². The first-order chi connectivity index (χ1) is 10.3. The SMILES string of the molecule is CCO[C@H]1C[C@@H](NC(=O)C2=CCCCC2)C12CCOCC2. The number of hydrogen-bond acceptors (Lipinski definition) is 3. The second-order valence-corrected chi connectivity index (χ2v) is 6.53. The van der Waals surface area contributed by atoms with Crippen LogP contribution >= 0.6 is 0 Å². The summed E-state index contributed by atoms with van der Waals surface area (Å²) in [5, 5.41) is 3.29. The number of amides is 1. The van der Waals surface area contributed by atoms with Crippen LogP contribution in [0.3, 0.4) is 0 Å². The highest BCUT2D eigenvalue weighted by molar-refractivity contribution is 5.93.